The maximum Gasteiger partial charge on any atom is 0.239 e. The molecule has 12 rings (SSSR count). The summed E-state index contributed by atoms with van der Waals surface area (Å²) in [5.74, 6) is 0.0618. The predicted molar refractivity (Wildman–Crippen MR) is 464 cm³/mol. The van der Waals surface area contributed by atoms with Crippen LogP contribution >= 0.6 is 0 Å². The number of rotatable bonds is 31. The maximum absolute atomic E-state index is 13.4. The van der Waals surface area contributed by atoms with Gasteiger partial charge >= 0.3 is 0 Å². The monoisotopic (exact) mass is 1510 g/mol. The SMILES string of the molecule is CC(=O)C(C)NC(c1ccccc1)(c1ccccc1)c1ccccc1.CCC(=O)C(C)N(C)C(=O)C(C)NC(c1ccccc1)(c1ccccc1)c1ccccc1.CCC(=O)C(C)NC(=O)C(C)NC(c1ccccc1)(c1ccccc1)c1ccccc1.CCC(=O)C(C)NC(c1ccccc1)(c1ccccc1)c1ccccc1. The number of nitrogens with zero attached hydrogens (tertiary/aromatic N) is 1. The zero-order chi connectivity index (χ0) is 81.5. The van der Waals surface area contributed by atoms with Crippen LogP contribution in [0, 0.1) is 0 Å². The summed E-state index contributed by atoms with van der Waals surface area (Å²) in [5, 5.41) is 17.5. The van der Waals surface area contributed by atoms with Crippen molar-refractivity contribution in [1.29, 1.82) is 0 Å². The summed E-state index contributed by atoms with van der Waals surface area (Å²) in [4.78, 5) is 76.6. The Labute approximate surface area is 676 Å². The Hall–Kier alpha value is -11.9. The lowest BCUT2D eigenvalue weighted by molar-refractivity contribution is -0.139. The highest BCUT2D eigenvalue weighted by Crippen LogP contribution is 2.42. The summed E-state index contributed by atoms with van der Waals surface area (Å²) in [7, 11) is 1.70. The number of benzene rings is 12. The molecular weight excluding hydrogens is 1410 g/mol. The van der Waals surface area contributed by atoms with E-state index in [4.69, 9.17) is 0 Å². The molecule has 114 heavy (non-hydrogen) atoms. The van der Waals surface area contributed by atoms with E-state index in [1.54, 1.807) is 39.6 Å². The summed E-state index contributed by atoms with van der Waals surface area (Å²) in [6.45, 7) is 18.3. The summed E-state index contributed by atoms with van der Waals surface area (Å²) in [5.41, 5.74) is 10.3. The molecule has 2 amide bonds. The lowest BCUT2D eigenvalue weighted by Crippen LogP contribution is -2.55. The summed E-state index contributed by atoms with van der Waals surface area (Å²) < 4.78 is 0. The second-order valence-corrected chi connectivity index (χ2v) is 28.8. The highest BCUT2D eigenvalue weighted by atomic mass is 16.2. The van der Waals surface area contributed by atoms with Crippen LogP contribution in [0.5, 0.6) is 0 Å². The molecule has 0 aliphatic rings. The Morgan fingerprint density at radius 3 is 0.623 bits per heavy atom. The van der Waals surface area contributed by atoms with E-state index in [0.29, 0.717) is 19.3 Å². The Morgan fingerprint density at radius 2 is 0.430 bits per heavy atom. The van der Waals surface area contributed by atoms with Gasteiger partial charge in [0.15, 0.2) is 11.6 Å². The summed E-state index contributed by atoms with van der Waals surface area (Å²) in [6, 6.07) is 120. The van der Waals surface area contributed by atoms with Crippen molar-refractivity contribution in [3.8, 4) is 0 Å². The smallest absolute Gasteiger partial charge is 0.239 e. The van der Waals surface area contributed by atoms with Crippen molar-refractivity contribution >= 4 is 34.9 Å². The number of hydrogen-bond donors (Lipinski definition) is 5. The van der Waals surface area contributed by atoms with Gasteiger partial charge in [0.25, 0.3) is 0 Å². The molecule has 6 unspecified atom stereocenters. The molecule has 12 heteroatoms. The van der Waals surface area contributed by atoms with E-state index >= 15 is 0 Å². The third-order valence-electron chi connectivity index (χ3n) is 21.4. The molecule has 0 aromatic heterocycles. The van der Waals surface area contributed by atoms with Crippen molar-refractivity contribution in [2.45, 2.75) is 147 Å². The molecule has 0 radical (unpaired) electrons. The molecule has 584 valence electrons. The molecular formula is C102H110N6O6. The van der Waals surface area contributed by atoms with Gasteiger partial charge in [-0.3, -0.25) is 50.0 Å². The topological polar surface area (TPSA) is 166 Å². The van der Waals surface area contributed by atoms with Crippen LogP contribution in [0.1, 0.15) is 155 Å². The molecule has 6 atom stereocenters. The average Bonchev–Trinajstić information content (AvgIpc) is 0.775. The van der Waals surface area contributed by atoms with Crippen LogP contribution < -0.4 is 26.6 Å². The van der Waals surface area contributed by atoms with Gasteiger partial charge in [0.2, 0.25) is 11.8 Å². The van der Waals surface area contributed by atoms with Crippen molar-refractivity contribution in [3.05, 3.63) is 431 Å². The van der Waals surface area contributed by atoms with Gasteiger partial charge in [-0.05, 0) is 115 Å². The minimum absolute atomic E-state index is 0.0148. The zero-order valence-corrected chi connectivity index (χ0v) is 67.6. The van der Waals surface area contributed by atoms with Crippen LogP contribution in [0.15, 0.2) is 364 Å². The molecule has 0 spiro atoms. The fourth-order valence-corrected chi connectivity index (χ4v) is 14.9. The van der Waals surface area contributed by atoms with E-state index in [0.717, 1.165) is 66.8 Å². The van der Waals surface area contributed by atoms with E-state index < -0.39 is 46.3 Å². The molecule has 12 aromatic carbocycles. The largest absolute Gasteiger partial charge is 0.345 e. The first-order valence-corrected chi connectivity index (χ1v) is 39.7. The number of Topliss-reactive ketones (excluding diaryl/α,β-unsaturated/α-hetero) is 4. The Bertz CT molecular complexity index is 4510. The molecule has 0 aliphatic heterocycles. The third kappa shape index (κ3) is 20.7. The van der Waals surface area contributed by atoms with Crippen LogP contribution in [0.4, 0.5) is 0 Å². The Kier molecular flexibility index (Phi) is 31.8. The van der Waals surface area contributed by atoms with Crippen LogP contribution in [0.25, 0.3) is 0 Å². The van der Waals surface area contributed by atoms with Crippen molar-refractivity contribution in [1.82, 2.24) is 31.5 Å². The number of likely N-dealkylation sites (N-methyl/N-ethyl adjacent to an activating group) is 1. The van der Waals surface area contributed by atoms with Crippen LogP contribution in [-0.4, -0.2) is 83.1 Å². The van der Waals surface area contributed by atoms with E-state index in [-0.39, 0.29) is 47.0 Å². The molecule has 0 aliphatic carbocycles. The van der Waals surface area contributed by atoms with Gasteiger partial charge in [-0.25, -0.2) is 0 Å². The highest BCUT2D eigenvalue weighted by molar-refractivity contribution is 5.91. The maximum atomic E-state index is 13.4. The van der Waals surface area contributed by atoms with Gasteiger partial charge in [0.05, 0.1) is 58.4 Å². The van der Waals surface area contributed by atoms with Crippen molar-refractivity contribution in [3.63, 3.8) is 0 Å². The van der Waals surface area contributed by atoms with E-state index in [2.05, 4.69) is 172 Å². The second-order valence-electron chi connectivity index (χ2n) is 28.8. The number of nitrogens with one attached hydrogen (secondary N) is 5. The predicted octanol–water partition coefficient (Wildman–Crippen LogP) is 18.7. The first kappa shape index (κ1) is 86.1. The molecule has 0 saturated carbocycles. The molecule has 0 heterocycles. The van der Waals surface area contributed by atoms with Gasteiger partial charge < -0.3 is 10.2 Å². The van der Waals surface area contributed by atoms with Gasteiger partial charge in [-0.1, -0.05) is 385 Å². The van der Waals surface area contributed by atoms with Gasteiger partial charge in [0, 0.05) is 26.3 Å². The molecule has 12 nitrogen and oxygen atoms in total. The van der Waals surface area contributed by atoms with Gasteiger partial charge in [0.1, 0.15) is 11.6 Å². The molecule has 12 aromatic rings. The summed E-state index contributed by atoms with van der Waals surface area (Å²) in [6.07, 6.45) is 1.32. The van der Waals surface area contributed by atoms with Crippen LogP contribution in [0.3, 0.4) is 0 Å². The lowest BCUT2D eigenvalue weighted by Gasteiger charge is -2.40. The van der Waals surface area contributed by atoms with Crippen molar-refractivity contribution < 1.29 is 28.8 Å². The summed E-state index contributed by atoms with van der Waals surface area (Å²) >= 11 is 0. The first-order valence-electron chi connectivity index (χ1n) is 39.7. The molecule has 0 bridgehead atoms. The number of ketones is 4. The highest BCUT2D eigenvalue weighted by Gasteiger charge is 2.43. The number of amides is 2. The molecule has 0 fully saturated rings. The van der Waals surface area contributed by atoms with E-state index in [1.807, 2.05) is 260 Å². The quantitative estimate of drug-likeness (QED) is 0.0264. The second kappa shape index (κ2) is 42.1. The third-order valence-corrected chi connectivity index (χ3v) is 21.4. The van der Waals surface area contributed by atoms with Crippen LogP contribution in [-0.2, 0) is 50.9 Å². The van der Waals surface area contributed by atoms with Crippen LogP contribution in [0.2, 0.25) is 0 Å². The zero-order valence-electron chi connectivity index (χ0n) is 67.6. The number of carbonyl (C=O) groups is 6. The minimum Gasteiger partial charge on any atom is -0.345 e. The standard InChI is InChI=1S/C28H32N2O2.C27H30N2O2.C24H25NO.C23H23NO/c1-5-26(31)22(3)30(4)27(32)21(2)29-28(23-15-9-6-10-16-23,24-17-11-7-12-18-24)25-19-13-8-14-20-25;1-4-25(30)20(2)28-26(31)21(3)29-27(22-14-8-5-9-15-22,23-16-10-6-11-17-23)24-18-12-7-13-19-24;1-3-23(26)19(2)25-24(20-13-7-4-8-14-20,21-15-9-5-10-16-21)22-17-11-6-12-18-22;1-18(19(2)25)24-23(20-12-6-3-7-13-20,21-14-8-4-9-15-21)22-16-10-5-11-17-22/h6-22,29H,5H2,1-4H3;5-21,29H,4H2,1-3H3,(H,28,31);4-19,25H,3H2,1-2H3;3-18,24H,1-2H3. The first-order chi connectivity index (χ1) is 55.2. The lowest BCUT2D eigenvalue weighted by atomic mass is 9.76. The van der Waals surface area contributed by atoms with E-state index in [1.165, 1.54) is 0 Å². The van der Waals surface area contributed by atoms with Gasteiger partial charge in [-0.15, -0.1) is 0 Å². The minimum atomic E-state index is -0.738. The fraction of sp³-hybridized carbons (Fsp3) is 0.235. The number of carbonyl (C=O) groups excluding carboxylic acids is 6. The Balaban J connectivity index is 0.000000175. The fourth-order valence-electron chi connectivity index (χ4n) is 14.9. The Morgan fingerprint density at radius 1 is 0.254 bits per heavy atom. The molecule has 0 saturated heterocycles. The normalized spacial score (nSPS) is 12.9. The van der Waals surface area contributed by atoms with Crippen molar-refractivity contribution in [2.24, 2.45) is 0 Å². The van der Waals surface area contributed by atoms with Gasteiger partial charge in [-0.2, -0.15) is 0 Å². The average molecular weight is 1520 g/mol. The molecule has 5 N–H and O–H groups in total. The van der Waals surface area contributed by atoms with Crippen molar-refractivity contribution in [2.75, 3.05) is 7.05 Å². The number of hydrogen-bond acceptors (Lipinski definition) is 10. The van der Waals surface area contributed by atoms with E-state index in [9.17, 15) is 28.8 Å².